The molecule has 2 aromatic heterocycles. The second kappa shape index (κ2) is 12.6. The Morgan fingerprint density at radius 2 is 1.84 bits per heavy atom. The van der Waals surface area contributed by atoms with Gasteiger partial charge in [0.15, 0.2) is 0 Å². The summed E-state index contributed by atoms with van der Waals surface area (Å²) in [6, 6.07) is 0. The van der Waals surface area contributed by atoms with E-state index in [0.717, 1.165) is 5.56 Å². The van der Waals surface area contributed by atoms with Crippen LogP contribution in [-0.4, -0.2) is 15.0 Å². The standard InChI is InChI=1S/C7H8N4O.C3H6.2C2H6/c8-1-4-2-9-6-5(4)10-3-11-7(6)12;1-3-2;2*1-2/h2-3,9H,1,8H2,(H,10,11,12);3H,1H2,2H3;2*1-2H3. The van der Waals surface area contributed by atoms with E-state index in [1.807, 2.05) is 34.6 Å². The van der Waals surface area contributed by atoms with Crippen molar-refractivity contribution >= 4 is 11.0 Å². The van der Waals surface area contributed by atoms with Gasteiger partial charge in [0.1, 0.15) is 5.52 Å². The molecule has 0 unspecified atom stereocenters. The van der Waals surface area contributed by atoms with E-state index in [-0.39, 0.29) is 5.56 Å². The first-order valence-electron chi connectivity index (χ1n) is 6.55. The Morgan fingerprint density at radius 3 is 2.32 bits per heavy atom. The molecule has 0 spiro atoms. The van der Waals surface area contributed by atoms with Crippen molar-refractivity contribution in [1.29, 1.82) is 0 Å². The highest BCUT2D eigenvalue weighted by molar-refractivity contribution is 5.77. The zero-order chi connectivity index (χ0) is 15.3. The number of nitrogens with zero attached hydrogens (tertiary/aromatic N) is 1. The molecule has 0 aliphatic heterocycles. The summed E-state index contributed by atoms with van der Waals surface area (Å²) in [6.07, 6.45) is 4.82. The molecule has 2 heterocycles. The molecule has 4 N–H and O–H groups in total. The van der Waals surface area contributed by atoms with E-state index in [1.54, 1.807) is 12.3 Å². The minimum absolute atomic E-state index is 0.167. The second-order valence-corrected chi connectivity index (χ2v) is 2.88. The fourth-order valence-corrected chi connectivity index (χ4v) is 1.16. The fraction of sp³-hybridized carbons (Fsp3) is 0.429. The number of rotatable bonds is 1. The fourth-order valence-electron chi connectivity index (χ4n) is 1.16. The molecule has 0 aliphatic rings. The third-order valence-corrected chi connectivity index (χ3v) is 1.77. The first-order valence-corrected chi connectivity index (χ1v) is 6.55. The molecule has 0 aliphatic carbocycles. The van der Waals surface area contributed by atoms with Crippen molar-refractivity contribution in [3.05, 3.63) is 41.1 Å². The van der Waals surface area contributed by atoms with Gasteiger partial charge < -0.3 is 15.7 Å². The van der Waals surface area contributed by atoms with E-state index in [0.29, 0.717) is 17.6 Å². The first kappa shape index (κ1) is 19.5. The third kappa shape index (κ3) is 6.01. The molecule has 19 heavy (non-hydrogen) atoms. The van der Waals surface area contributed by atoms with Crippen molar-refractivity contribution in [2.24, 2.45) is 5.73 Å². The van der Waals surface area contributed by atoms with Gasteiger partial charge in [0.05, 0.1) is 11.8 Å². The van der Waals surface area contributed by atoms with Gasteiger partial charge >= 0.3 is 0 Å². The maximum Gasteiger partial charge on any atom is 0.275 e. The highest BCUT2D eigenvalue weighted by Gasteiger charge is 2.04. The largest absolute Gasteiger partial charge is 0.355 e. The monoisotopic (exact) mass is 266 g/mol. The minimum atomic E-state index is -0.167. The van der Waals surface area contributed by atoms with Gasteiger partial charge in [-0.15, -0.1) is 6.58 Å². The highest BCUT2D eigenvalue weighted by Crippen LogP contribution is 2.09. The van der Waals surface area contributed by atoms with Gasteiger partial charge in [0.2, 0.25) is 0 Å². The van der Waals surface area contributed by atoms with Gasteiger partial charge in [-0.2, -0.15) is 0 Å². The number of fused-ring (bicyclic) bond motifs is 1. The second-order valence-electron chi connectivity index (χ2n) is 2.88. The average molecular weight is 266 g/mol. The molecular weight excluding hydrogens is 240 g/mol. The molecule has 5 heteroatoms. The van der Waals surface area contributed by atoms with Crippen LogP contribution < -0.4 is 11.3 Å². The van der Waals surface area contributed by atoms with E-state index in [9.17, 15) is 4.79 Å². The lowest BCUT2D eigenvalue weighted by Gasteiger charge is -1.89. The maximum absolute atomic E-state index is 11.1. The van der Waals surface area contributed by atoms with Gasteiger partial charge in [-0.05, 0) is 6.92 Å². The molecule has 5 nitrogen and oxygen atoms in total. The summed E-state index contributed by atoms with van der Waals surface area (Å²) in [5, 5.41) is 0. The minimum Gasteiger partial charge on any atom is -0.355 e. The summed E-state index contributed by atoms with van der Waals surface area (Å²) < 4.78 is 0. The van der Waals surface area contributed by atoms with Gasteiger partial charge in [-0.1, -0.05) is 33.8 Å². The van der Waals surface area contributed by atoms with Crippen LogP contribution in [0.15, 0.2) is 30.0 Å². The lowest BCUT2D eigenvalue weighted by molar-refractivity contribution is 1.07. The molecule has 0 bridgehead atoms. The summed E-state index contributed by atoms with van der Waals surface area (Å²) >= 11 is 0. The van der Waals surface area contributed by atoms with Gasteiger partial charge in [0.25, 0.3) is 5.56 Å². The smallest absolute Gasteiger partial charge is 0.275 e. The predicted molar refractivity (Wildman–Crippen MR) is 83.2 cm³/mol. The van der Waals surface area contributed by atoms with Crippen molar-refractivity contribution < 1.29 is 0 Å². The van der Waals surface area contributed by atoms with Gasteiger partial charge in [-0.25, -0.2) is 4.98 Å². The average Bonchev–Trinajstić information content (AvgIpc) is 2.89. The molecule has 0 atom stereocenters. The lowest BCUT2D eigenvalue weighted by Crippen LogP contribution is -2.06. The van der Waals surface area contributed by atoms with Crippen molar-refractivity contribution in [2.75, 3.05) is 0 Å². The Morgan fingerprint density at radius 1 is 1.32 bits per heavy atom. The molecule has 0 saturated carbocycles. The summed E-state index contributed by atoms with van der Waals surface area (Å²) in [5.74, 6) is 0. The molecule has 2 aromatic rings. The van der Waals surface area contributed by atoms with Crippen LogP contribution in [0.4, 0.5) is 0 Å². The molecule has 0 saturated heterocycles. The van der Waals surface area contributed by atoms with Gasteiger partial charge in [0, 0.05) is 18.3 Å². The Balaban J connectivity index is 0. The van der Waals surface area contributed by atoms with E-state index in [1.165, 1.54) is 6.33 Å². The first-order chi connectivity index (χ1) is 9.24. The van der Waals surface area contributed by atoms with Gasteiger partial charge in [-0.3, -0.25) is 4.79 Å². The summed E-state index contributed by atoms with van der Waals surface area (Å²) in [5.41, 5.74) is 7.27. The third-order valence-electron chi connectivity index (χ3n) is 1.77. The summed E-state index contributed by atoms with van der Waals surface area (Å²) in [6.45, 7) is 13.6. The molecule has 108 valence electrons. The zero-order valence-electron chi connectivity index (χ0n) is 12.6. The quantitative estimate of drug-likeness (QED) is 0.693. The van der Waals surface area contributed by atoms with E-state index in [2.05, 4.69) is 21.5 Å². The Labute approximate surface area is 115 Å². The number of hydrogen-bond acceptors (Lipinski definition) is 3. The number of aromatic nitrogens is 3. The lowest BCUT2D eigenvalue weighted by atomic mass is 10.3. The number of hydrogen-bond donors (Lipinski definition) is 3. The molecule has 0 fully saturated rings. The Kier molecular flexibility index (Phi) is 12.9. The van der Waals surface area contributed by atoms with E-state index >= 15 is 0 Å². The van der Waals surface area contributed by atoms with Crippen LogP contribution in [0.2, 0.25) is 0 Å². The molecule has 0 amide bonds. The molecule has 0 aromatic carbocycles. The van der Waals surface area contributed by atoms with E-state index < -0.39 is 0 Å². The van der Waals surface area contributed by atoms with Crippen LogP contribution in [0.25, 0.3) is 11.0 Å². The van der Waals surface area contributed by atoms with Crippen molar-refractivity contribution in [1.82, 2.24) is 15.0 Å². The van der Waals surface area contributed by atoms with Crippen LogP contribution in [0.3, 0.4) is 0 Å². The van der Waals surface area contributed by atoms with Crippen LogP contribution in [0.5, 0.6) is 0 Å². The number of nitrogens with two attached hydrogens (primary N) is 1. The van der Waals surface area contributed by atoms with Crippen LogP contribution >= 0.6 is 0 Å². The van der Waals surface area contributed by atoms with Crippen molar-refractivity contribution in [2.45, 2.75) is 41.2 Å². The molecular formula is C14H26N4O. The van der Waals surface area contributed by atoms with Crippen LogP contribution in [-0.2, 0) is 6.54 Å². The number of nitrogens with one attached hydrogen (secondary N) is 2. The van der Waals surface area contributed by atoms with Crippen molar-refractivity contribution in [3.63, 3.8) is 0 Å². The highest BCUT2D eigenvalue weighted by atomic mass is 16.1. The zero-order valence-corrected chi connectivity index (χ0v) is 12.6. The summed E-state index contributed by atoms with van der Waals surface area (Å²) in [4.78, 5) is 20.4. The Hall–Kier alpha value is -1.88. The normalized spacial score (nSPS) is 8.11. The molecule has 2 rings (SSSR count). The maximum atomic E-state index is 11.1. The van der Waals surface area contributed by atoms with Crippen LogP contribution in [0.1, 0.15) is 40.2 Å². The van der Waals surface area contributed by atoms with E-state index in [4.69, 9.17) is 5.73 Å². The summed E-state index contributed by atoms with van der Waals surface area (Å²) in [7, 11) is 0. The van der Waals surface area contributed by atoms with Crippen LogP contribution in [0, 0.1) is 0 Å². The number of aromatic amines is 2. The predicted octanol–water partition coefficient (Wildman–Crippen LogP) is 2.95. The number of allylic oxidation sites excluding steroid dienone is 1. The Bertz CT molecular complexity index is 499. The number of H-pyrrole nitrogens is 2. The topological polar surface area (TPSA) is 87.6 Å². The SMILES string of the molecule is C=CC.CC.CC.NCc1c[nH]c2c(=O)[nH]cnc12. The van der Waals surface area contributed by atoms with Crippen molar-refractivity contribution in [3.8, 4) is 0 Å². The molecule has 0 radical (unpaired) electrons.